The van der Waals surface area contributed by atoms with Crippen molar-refractivity contribution in [1.29, 1.82) is 0 Å². The van der Waals surface area contributed by atoms with E-state index in [-0.39, 0.29) is 4.90 Å². The van der Waals surface area contributed by atoms with Gasteiger partial charge in [-0.3, -0.25) is 0 Å². The highest BCUT2D eigenvalue weighted by Gasteiger charge is 2.16. The Morgan fingerprint density at radius 3 is 2.72 bits per heavy atom. The first-order chi connectivity index (χ1) is 8.47. The number of sulfonamides is 1. The Morgan fingerprint density at radius 2 is 2.11 bits per heavy atom. The Labute approximate surface area is 121 Å². The van der Waals surface area contributed by atoms with E-state index in [9.17, 15) is 8.42 Å². The van der Waals surface area contributed by atoms with Crippen LogP contribution in [0.5, 0.6) is 0 Å². The van der Waals surface area contributed by atoms with Crippen molar-refractivity contribution in [2.75, 3.05) is 24.3 Å². The maximum Gasteiger partial charge on any atom is 0.241 e. The van der Waals surface area contributed by atoms with Crippen LogP contribution in [0.3, 0.4) is 0 Å². The second-order valence-electron chi connectivity index (χ2n) is 3.79. The minimum absolute atomic E-state index is 0.224. The molecule has 0 aliphatic carbocycles. The predicted molar refractivity (Wildman–Crippen MR) is 81.4 cm³/mol. The van der Waals surface area contributed by atoms with E-state index in [2.05, 4.69) is 20.7 Å². The molecular weight excluding hydrogens is 336 g/mol. The monoisotopic (exact) mass is 352 g/mol. The Kier molecular flexibility index (Phi) is 6.48. The van der Waals surface area contributed by atoms with Gasteiger partial charge in [0.15, 0.2) is 0 Å². The van der Waals surface area contributed by atoms with Gasteiger partial charge in [-0.25, -0.2) is 13.1 Å². The van der Waals surface area contributed by atoms with Crippen molar-refractivity contribution in [3.63, 3.8) is 0 Å². The van der Waals surface area contributed by atoms with E-state index in [1.807, 2.05) is 6.26 Å². The summed E-state index contributed by atoms with van der Waals surface area (Å²) in [6.45, 7) is 0.458. The molecule has 0 spiro atoms. The average Bonchev–Trinajstić information content (AvgIpc) is 2.28. The molecule has 0 saturated carbocycles. The summed E-state index contributed by atoms with van der Waals surface area (Å²) in [5, 5.41) is 0. The molecule has 18 heavy (non-hydrogen) atoms. The first-order valence-corrected chi connectivity index (χ1v) is 9.18. The molecule has 0 aliphatic rings. The zero-order chi connectivity index (χ0) is 13.6. The number of unbranched alkanes of at least 4 members (excludes halogenated alkanes) is 1. The molecular formula is C11H17BrN2O2S2. The number of halogens is 1. The average molecular weight is 353 g/mol. The highest BCUT2D eigenvalue weighted by Crippen LogP contribution is 2.23. The summed E-state index contributed by atoms with van der Waals surface area (Å²) in [5.74, 6) is 1.05. The van der Waals surface area contributed by atoms with Crippen LogP contribution < -0.4 is 10.5 Å². The summed E-state index contributed by atoms with van der Waals surface area (Å²) in [5.41, 5.74) is 6.11. The maximum absolute atomic E-state index is 12.0. The van der Waals surface area contributed by atoms with Gasteiger partial charge >= 0.3 is 0 Å². The fourth-order valence-corrected chi connectivity index (χ4v) is 4.05. The van der Waals surface area contributed by atoms with Gasteiger partial charge < -0.3 is 5.73 Å². The zero-order valence-corrected chi connectivity index (χ0v) is 13.4. The molecule has 0 amide bonds. The van der Waals surface area contributed by atoms with E-state index in [1.54, 1.807) is 23.9 Å². The Morgan fingerprint density at radius 1 is 1.39 bits per heavy atom. The van der Waals surface area contributed by atoms with E-state index in [0.29, 0.717) is 16.7 Å². The van der Waals surface area contributed by atoms with Crippen LogP contribution in [0.25, 0.3) is 0 Å². The van der Waals surface area contributed by atoms with Gasteiger partial charge in [0, 0.05) is 16.7 Å². The summed E-state index contributed by atoms with van der Waals surface area (Å²) in [6.07, 6.45) is 3.88. The number of nitrogens with two attached hydrogens (primary N) is 1. The third kappa shape index (κ3) is 4.79. The van der Waals surface area contributed by atoms with Crippen LogP contribution in [-0.2, 0) is 10.0 Å². The fraction of sp³-hybridized carbons (Fsp3) is 0.455. The molecule has 3 N–H and O–H groups in total. The van der Waals surface area contributed by atoms with Crippen LogP contribution in [-0.4, -0.2) is 27.0 Å². The van der Waals surface area contributed by atoms with Crippen LogP contribution in [0, 0.1) is 0 Å². The molecule has 0 radical (unpaired) electrons. The highest BCUT2D eigenvalue weighted by atomic mass is 79.9. The largest absolute Gasteiger partial charge is 0.399 e. The van der Waals surface area contributed by atoms with Gasteiger partial charge in [-0.2, -0.15) is 11.8 Å². The minimum atomic E-state index is -3.45. The molecule has 1 aromatic rings. The molecule has 0 fully saturated rings. The Balaban J connectivity index is 2.63. The number of anilines is 1. The summed E-state index contributed by atoms with van der Waals surface area (Å²) in [4.78, 5) is 0.224. The Bertz CT molecular complexity index is 492. The lowest BCUT2D eigenvalue weighted by atomic mass is 10.3. The van der Waals surface area contributed by atoms with Crippen molar-refractivity contribution in [1.82, 2.24) is 4.72 Å². The van der Waals surface area contributed by atoms with Gasteiger partial charge in [0.1, 0.15) is 0 Å². The molecule has 0 unspecified atom stereocenters. The van der Waals surface area contributed by atoms with Crippen molar-refractivity contribution in [3.05, 3.63) is 22.7 Å². The first kappa shape index (κ1) is 15.8. The molecule has 4 nitrogen and oxygen atoms in total. The van der Waals surface area contributed by atoms with Crippen molar-refractivity contribution in [3.8, 4) is 0 Å². The van der Waals surface area contributed by atoms with Crippen molar-refractivity contribution >= 4 is 43.4 Å². The molecule has 102 valence electrons. The van der Waals surface area contributed by atoms with E-state index >= 15 is 0 Å². The van der Waals surface area contributed by atoms with Crippen molar-refractivity contribution in [2.45, 2.75) is 17.7 Å². The van der Waals surface area contributed by atoms with Crippen LogP contribution in [0.1, 0.15) is 12.8 Å². The van der Waals surface area contributed by atoms with Gasteiger partial charge in [0.25, 0.3) is 0 Å². The third-order valence-corrected chi connectivity index (χ3v) is 5.45. The predicted octanol–water partition coefficient (Wildman–Crippen LogP) is 2.45. The lowest BCUT2D eigenvalue weighted by Crippen LogP contribution is -2.25. The minimum Gasteiger partial charge on any atom is -0.399 e. The summed E-state index contributed by atoms with van der Waals surface area (Å²) >= 11 is 4.98. The molecule has 0 bridgehead atoms. The SMILES string of the molecule is CSCCCCNS(=O)(=O)c1ccc(N)cc1Br. The second-order valence-corrected chi connectivity index (χ2v) is 7.36. The van der Waals surface area contributed by atoms with Gasteiger partial charge in [-0.15, -0.1) is 0 Å². The van der Waals surface area contributed by atoms with Crippen LogP contribution in [0.15, 0.2) is 27.6 Å². The third-order valence-electron chi connectivity index (χ3n) is 2.31. The molecule has 0 heterocycles. The summed E-state index contributed by atoms with van der Waals surface area (Å²) in [7, 11) is -3.45. The number of benzene rings is 1. The molecule has 0 aromatic heterocycles. The number of hydrogen-bond donors (Lipinski definition) is 2. The molecule has 7 heteroatoms. The molecule has 1 aromatic carbocycles. The second kappa shape index (κ2) is 7.37. The first-order valence-electron chi connectivity index (χ1n) is 5.51. The van der Waals surface area contributed by atoms with E-state index in [0.717, 1.165) is 18.6 Å². The van der Waals surface area contributed by atoms with E-state index < -0.39 is 10.0 Å². The normalized spacial score (nSPS) is 11.7. The topological polar surface area (TPSA) is 72.2 Å². The molecule has 0 saturated heterocycles. The number of nitrogens with one attached hydrogen (secondary N) is 1. The lowest BCUT2D eigenvalue weighted by molar-refractivity contribution is 0.578. The number of nitrogen functional groups attached to an aromatic ring is 1. The number of thioether (sulfide) groups is 1. The van der Waals surface area contributed by atoms with Crippen LogP contribution in [0.2, 0.25) is 0 Å². The highest BCUT2D eigenvalue weighted by molar-refractivity contribution is 9.10. The maximum atomic E-state index is 12.0. The van der Waals surface area contributed by atoms with Crippen molar-refractivity contribution < 1.29 is 8.42 Å². The molecule has 1 rings (SSSR count). The summed E-state index contributed by atoms with van der Waals surface area (Å²) < 4.78 is 27.1. The van der Waals surface area contributed by atoms with Gasteiger partial charge in [-0.05, 0) is 59.0 Å². The van der Waals surface area contributed by atoms with Crippen molar-refractivity contribution in [2.24, 2.45) is 0 Å². The summed E-state index contributed by atoms with van der Waals surface area (Å²) in [6, 6.07) is 4.67. The standard InChI is InChI=1S/C11H17BrN2O2S2/c1-17-7-3-2-6-14-18(15,16)11-5-4-9(13)8-10(11)12/h4-5,8,14H,2-3,6-7,13H2,1H3. The number of rotatable bonds is 7. The van der Waals surface area contributed by atoms with E-state index in [4.69, 9.17) is 5.73 Å². The molecule has 0 aliphatic heterocycles. The van der Waals surface area contributed by atoms with Gasteiger partial charge in [-0.1, -0.05) is 0 Å². The van der Waals surface area contributed by atoms with Crippen LogP contribution in [0.4, 0.5) is 5.69 Å². The quantitative estimate of drug-likeness (QED) is 0.583. The van der Waals surface area contributed by atoms with Gasteiger partial charge in [0.05, 0.1) is 4.90 Å². The lowest BCUT2D eigenvalue weighted by Gasteiger charge is -2.08. The fourth-order valence-electron chi connectivity index (χ4n) is 1.39. The number of hydrogen-bond acceptors (Lipinski definition) is 4. The van der Waals surface area contributed by atoms with E-state index in [1.165, 1.54) is 6.07 Å². The Hall–Kier alpha value is -0.240. The smallest absolute Gasteiger partial charge is 0.241 e. The van der Waals surface area contributed by atoms with Gasteiger partial charge in [0.2, 0.25) is 10.0 Å². The van der Waals surface area contributed by atoms with Crippen LogP contribution >= 0.6 is 27.7 Å². The molecule has 0 atom stereocenters. The zero-order valence-electron chi connectivity index (χ0n) is 10.1.